The van der Waals surface area contributed by atoms with Crippen LogP contribution in [-0.2, 0) is 6.61 Å². The van der Waals surface area contributed by atoms with E-state index in [4.69, 9.17) is 10.5 Å². The van der Waals surface area contributed by atoms with Crippen LogP contribution in [0, 0.1) is 15.9 Å². The third-order valence-corrected chi connectivity index (χ3v) is 2.55. The molecule has 0 aliphatic carbocycles. The summed E-state index contributed by atoms with van der Waals surface area (Å²) in [5.74, 6) is 0.106. The molecule has 0 atom stereocenters. The Morgan fingerprint density at radius 2 is 1.89 bits per heavy atom. The van der Waals surface area contributed by atoms with E-state index in [0.717, 1.165) is 0 Å². The molecule has 19 heavy (non-hydrogen) atoms. The number of rotatable bonds is 4. The van der Waals surface area contributed by atoms with Gasteiger partial charge in [0.05, 0.1) is 4.92 Å². The molecule has 0 spiro atoms. The summed E-state index contributed by atoms with van der Waals surface area (Å²) in [6.45, 7) is 0.0825. The predicted octanol–water partition coefficient (Wildman–Crippen LogP) is 2.90. The second-order valence-corrected chi connectivity index (χ2v) is 3.88. The SMILES string of the molecule is Nc1ccc([N+](=O)[O-])cc1COc1ccc(F)cc1. The topological polar surface area (TPSA) is 78.4 Å². The van der Waals surface area contributed by atoms with Crippen LogP contribution in [-0.4, -0.2) is 4.92 Å². The number of nitrogens with two attached hydrogens (primary N) is 1. The minimum absolute atomic E-state index is 0.0492. The van der Waals surface area contributed by atoms with Gasteiger partial charge in [-0.05, 0) is 30.3 Å². The normalized spacial score (nSPS) is 10.2. The van der Waals surface area contributed by atoms with Gasteiger partial charge >= 0.3 is 0 Å². The Labute approximate surface area is 108 Å². The Balaban J connectivity index is 2.12. The highest BCUT2D eigenvalue weighted by atomic mass is 19.1. The molecule has 0 aliphatic heterocycles. The number of anilines is 1. The Bertz CT molecular complexity index is 599. The molecular formula is C13H11FN2O3. The van der Waals surface area contributed by atoms with Crippen molar-refractivity contribution < 1.29 is 14.1 Å². The van der Waals surface area contributed by atoms with Gasteiger partial charge in [0, 0.05) is 23.4 Å². The highest BCUT2D eigenvalue weighted by molar-refractivity contribution is 5.52. The lowest BCUT2D eigenvalue weighted by molar-refractivity contribution is -0.384. The maximum absolute atomic E-state index is 12.7. The van der Waals surface area contributed by atoms with Crippen LogP contribution in [0.25, 0.3) is 0 Å². The van der Waals surface area contributed by atoms with Gasteiger partial charge in [0.1, 0.15) is 18.2 Å². The lowest BCUT2D eigenvalue weighted by Gasteiger charge is -2.08. The summed E-state index contributed by atoms with van der Waals surface area (Å²) >= 11 is 0. The molecule has 0 saturated heterocycles. The Morgan fingerprint density at radius 3 is 2.53 bits per heavy atom. The number of ether oxygens (including phenoxy) is 1. The van der Waals surface area contributed by atoms with E-state index in [-0.39, 0.29) is 18.1 Å². The van der Waals surface area contributed by atoms with Gasteiger partial charge in [0.25, 0.3) is 5.69 Å². The second-order valence-electron chi connectivity index (χ2n) is 3.88. The van der Waals surface area contributed by atoms with E-state index in [1.54, 1.807) is 0 Å². The van der Waals surface area contributed by atoms with Crippen LogP contribution in [0.5, 0.6) is 5.75 Å². The maximum Gasteiger partial charge on any atom is 0.269 e. The summed E-state index contributed by atoms with van der Waals surface area (Å²) in [7, 11) is 0. The van der Waals surface area contributed by atoms with Gasteiger partial charge in [-0.15, -0.1) is 0 Å². The summed E-state index contributed by atoms with van der Waals surface area (Å²) in [4.78, 5) is 10.2. The van der Waals surface area contributed by atoms with Crippen molar-refractivity contribution in [2.24, 2.45) is 0 Å². The molecule has 5 nitrogen and oxygen atoms in total. The van der Waals surface area contributed by atoms with Crippen LogP contribution >= 0.6 is 0 Å². The van der Waals surface area contributed by atoms with Gasteiger partial charge in [-0.3, -0.25) is 10.1 Å². The Hall–Kier alpha value is -2.63. The van der Waals surface area contributed by atoms with Crippen molar-refractivity contribution in [3.8, 4) is 5.75 Å². The Kier molecular flexibility index (Phi) is 3.61. The van der Waals surface area contributed by atoms with Crippen molar-refractivity contribution in [2.75, 3.05) is 5.73 Å². The largest absolute Gasteiger partial charge is 0.489 e. The van der Waals surface area contributed by atoms with E-state index in [2.05, 4.69) is 0 Å². The van der Waals surface area contributed by atoms with Gasteiger partial charge in [0.2, 0.25) is 0 Å². The molecule has 2 aromatic rings. The first-order valence-electron chi connectivity index (χ1n) is 5.47. The minimum Gasteiger partial charge on any atom is -0.489 e. The van der Waals surface area contributed by atoms with E-state index in [9.17, 15) is 14.5 Å². The average Bonchev–Trinajstić information content (AvgIpc) is 2.39. The molecule has 0 heterocycles. The van der Waals surface area contributed by atoms with Gasteiger partial charge < -0.3 is 10.5 Å². The zero-order valence-corrected chi connectivity index (χ0v) is 9.88. The van der Waals surface area contributed by atoms with Crippen molar-refractivity contribution in [3.63, 3.8) is 0 Å². The number of nitrogen functional groups attached to an aromatic ring is 1. The first-order valence-corrected chi connectivity index (χ1v) is 5.47. The van der Waals surface area contributed by atoms with Crippen LogP contribution < -0.4 is 10.5 Å². The zero-order chi connectivity index (χ0) is 13.8. The highest BCUT2D eigenvalue weighted by Gasteiger charge is 2.09. The quantitative estimate of drug-likeness (QED) is 0.522. The summed E-state index contributed by atoms with van der Waals surface area (Å²) in [5, 5.41) is 10.7. The maximum atomic E-state index is 12.7. The molecule has 0 aliphatic rings. The minimum atomic E-state index is -0.499. The summed E-state index contributed by atoms with van der Waals surface area (Å²) in [6.07, 6.45) is 0. The van der Waals surface area contributed by atoms with Crippen LogP contribution in [0.2, 0.25) is 0 Å². The van der Waals surface area contributed by atoms with Crippen LogP contribution in [0.15, 0.2) is 42.5 Å². The standard InChI is InChI=1S/C13H11FN2O3/c14-10-1-4-12(5-2-10)19-8-9-7-11(16(17)18)3-6-13(9)15/h1-7H,8,15H2. The van der Waals surface area contributed by atoms with Crippen molar-refractivity contribution >= 4 is 11.4 Å². The molecular weight excluding hydrogens is 251 g/mol. The summed E-state index contributed by atoms with van der Waals surface area (Å²) in [5.41, 5.74) is 6.59. The lowest BCUT2D eigenvalue weighted by atomic mass is 10.1. The molecule has 2 rings (SSSR count). The number of nitro benzene ring substituents is 1. The van der Waals surface area contributed by atoms with E-state index >= 15 is 0 Å². The van der Waals surface area contributed by atoms with Gasteiger partial charge in [-0.1, -0.05) is 0 Å². The fourth-order valence-corrected chi connectivity index (χ4v) is 1.52. The fraction of sp³-hybridized carbons (Fsp3) is 0.0769. The van der Waals surface area contributed by atoms with Gasteiger partial charge in [-0.25, -0.2) is 4.39 Å². The van der Waals surface area contributed by atoms with E-state index in [1.165, 1.54) is 42.5 Å². The first kappa shape index (κ1) is 12.8. The van der Waals surface area contributed by atoms with Gasteiger partial charge in [0.15, 0.2) is 0 Å². The van der Waals surface area contributed by atoms with Gasteiger partial charge in [-0.2, -0.15) is 0 Å². The number of benzene rings is 2. The summed E-state index contributed by atoms with van der Waals surface area (Å²) in [6, 6.07) is 9.64. The van der Waals surface area contributed by atoms with E-state index in [0.29, 0.717) is 17.0 Å². The molecule has 0 aromatic heterocycles. The van der Waals surface area contributed by atoms with Crippen molar-refractivity contribution in [1.82, 2.24) is 0 Å². The van der Waals surface area contributed by atoms with Crippen molar-refractivity contribution in [1.29, 1.82) is 0 Å². The molecule has 0 fully saturated rings. The fourth-order valence-electron chi connectivity index (χ4n) is 1.52. The van der Waals surface area contributed by atoms with Crippen LogP contribution in [0.4, 0.5) is 15.8 Å². The number of non-ortho nitro benzene ring substituents is 1. The first-order chi connectivity index (χ1) is 9.06. The molecule has 0 bridgehead atoms. The number of nitro groups is 1. The van der Waals surface area contributed by atoms with Crippen LogP contribution in [0.3, 0.4) is 0 Å². The summed E-state index contributed by atoms with van der Waals surface area (Å²) < 4.78 is 18.1. The highest BCUT2D eigenvalue weighted by Crippen LogP contribution is 2.21. The predicted molar refractivity (Wildman–Crippen MR) is 68.2 cm³/mol. The average molecular weight is 262 g/mol. The third kappa shape index (κ3) is 3.19. The molecule has 0 radical (unpaired) electrons. The molecule has 6 heteroatoms. The van der Waals surface area contributed by atoms with Crippen molar-refractivity contribution in [3.05, 3.63) is 64.0 Å². The third-order valence-electron chi connectivity index (χ3n) is 2.55. The van der Waals surface area contributed by atoms with E-state index < -0.39 is 4.92 Å². The second kappa shape index (κ2) is 5.34. The molecule has 2 aromatic carbocycles. The van der Waals surface area contributed by atoms with E-state index in [1.807, 2.05) is 0 Å². The lowest BCUT2D eigenvalue weighted by Crippen LogP contribution is -2.01. The van der Waals surface area contributed by atoms with Crippen LogP contribution in [0.1, 0.15) is 5.56 Å². The monoisotopic (exact) mass is 262 g/mol. The number of hydrogen-bond acceptors (Lipinski definition) is 4. The Morgan fingerprint density at radius 1 is 1.21 bits per heavy atom. The molecule has 98 valence electrons. The molecule has 2 N–H and O–H groups in total. The zero-order valence-electron chi connectivity index (χ0n) is 9.88. The molecule has 0 amide bonds. The number of nitrogens with zero attached hydrogens (tertiary/aromatic N) is 1. The van der Waals surface area contributed by atoms with Crippen molar-refractivity contribution in [2.45, 2.75) is 6.61 Å². The molecule has 0 unspecified atom stereocenters. The smallest absolute Gasteiger partial charge is 0.269 e. The number of halogens is 1. The molecule has 0 saturated carbocycles. The number of hydrogen-bond donors (Lipinski definition) is 1.